The molecule has 3 nitrogen and oxygen atoms in total. The van der Waals surface area contributed by atoms with Gasteiger partial charge in [0.15, 0.2) is 0 Å². The van der Waals surface area contributed by atoms with Crippen LogP contribution in [0.4, 0.5) is 0 Å². The van der Waals surface area contributed by atoms with Crippen LogP contribution >= 0.6 is 0 Å². The topological polar surface area (TPSA) is 47.3 Å². The van der Waals surface area contributed by atoms with Crippen LogP contribution in [0.1, 0.15) is 51.4 Å². The summed E-state index contributed by atoms with van der Waals surface area (Å²) in [7, 11) is 3.39. The van der Waals surface area contributed by atoms with Crippen LogP contribution in [-0.2, 0) is 4.65 Å². The average Bonchev–Trinajstić information content (AvgIpc) is 2.24. The second-order valence-electron chi connectivity index (χ2n) is 4.55. The summed E-state index contributed by atoms with van der Waals surface area (Å²) in [6.07, 6.45) is 10.0. The molecule has 0 spiro atoms. The highest BCUT2D eigenvalue weighted by Crippen LogP contribution is 2.16. The predicted molar refractivity (Wildman–Crippen MR) is 64.6 cm³/mol. The van der Waals surface area contributed by atoms with Gasteiger partial charge in [0.2, 0.25) is 0 Å². The number of nitrogens with one attached hydrogen (secondary N) is 1. The molecule has 1 saturated carbocycles. The molecule has 1 radical (unpaired) electrons. The van der Waals surface area contributed by atoms with E-state index in [1.807, 2.05) is 0 Å². The van der Waals surface area contributed by atoms with Gasteiger partial charge in [0.05, 0.1) is 0 Å². The van der Waals surface area contributed by atoms with Crippen molar-refractivity contribution in [2.45, 2.75) is 63.5 Å². The average molecular weight is 211 g/mol. The van der Waals surface area contributed by atoms with Crippen LogP contribution in [0.25, 0.3) is 0 Å². The summed E-state index contributed by atoms with van der Waals surface area (Å²) in [5, 5.41) is 3.31. The van der Waals surface area contributed by atoms with Crippen LogP contribution in [-0.4, -0.2) is 26.8 Å². The Morgan fingerprint density at radius 3 is 2.53 bits per heavy atom. The molecule has 0 bridgehead atoms. The molecule has 1 aliphatic rings. The second-order valence-corrected chi connectivity index (χ2v) is 4.55. The standard InChI is InChI=1S/C11H24BN2O/c1-15-12-14-11-8-4-2-3-6-10(13)7-5-9-11/h10-11,14H,2-9,13H2,1H3. The molecule has 0 aliphatic heterocycles. The summed E-state index contributed by atoms with van der Waals surface area (Å²) in [5.74, 6) is 0. The van der Waals surface area contributed by atoms with Crippen molar-refractivity contribution < 1.29 is 4.65 Å². The van der Waals surface area contributed by atoms with Crippen LogP contribution in [0.2, 0.25) is 0 Å². The first kappa shape index (κ1) is 13.0. The van der Waals surface area contributed by atoms with Gasteiger partial charge in [-0.2, -0.15) is 0 Å². The van der Waals surface area contributed by atoms with E-state index in [1.165, 1.54) is 51.4 Å². The van der Waals surface area contributed by atoms with E-state index >= 15 is 0 Å². The summed E-state index contributed by atoms with van der Waals surface area (Å²) in [4.78, 5) is 0. The minimum atomic E-state index is 0.426. The van der Waals surface area contributed by atoms with Crippen molar-refractivity contribution in [2.24, 2.45) is 5.73 Å². The molecule has 0 aromatic carbocycles. The van der Waals surface area contributed by atoms with Gasteiger partial charge in [-0.1, -0.05) is 25.7 Å². The summed E-state index contributed by atoms with van der Waals surface area (Å²) in [5.41, 5.74) is 6.02. The molecule has 2 unspecified atom stereocenters. The lowest BCUT2D eigenvalue weighted by Crippen LogP contribution is -2.34. The van der Waals surface area contributed by atoms with Crippen LogP contribution in [0.3, 0.4) is 0 Å². The summed E-state index contributed by atoms with van der Waals surface area (Å²) in [6.45, 7) is 0. The molecule has 0 amide bonds. The monoisotopic (exact) mass is 211 g/mol. The number of nitrogens with two attached hydrogens (primary N) is 1. The van der Waals surface area contributed by atoms with Gasteiger partial charge >= 0.3 is 7.62 Å². The Kier molecular flexibility index (Phi) is 7.06. The lowest BCUT2D eigenvalue weighted by atomic mass is 9.94. The Bertz CT molecular complexity index is 158. The number of rotatable bonds is 3. The largest absolute Gasteiger partial charge is 0.427 e. The van der Waals surface area contributed by atoms with E-state index in [0.29, 0.717) is 12.1 Å². The van der Waals surface area contributed by atoms with Crippen molar-refractivity contribution in [1.82, 2.24) is 5.23 Å². The van der Waals surface area contributed by atoms with E-state index in [2.05, 4.69) is 5.23 Å². The maximum atomic E-state index is 6.02. The summed E-state index contributed by atoms with van der Waals surface area (Å²) < 4.78 is 4.93. The number of hydrogen-bond acceptors (Lipinski definition) is 3. The van der Waals surface area contributed by atoms with Crippen molar-refractivity contribution in [3.05, 3.63) is 0 Å². The summed E-state index contributed by atoms with van der Waals surface area (Å²) in [6, 6.07) is 1.01. The minimum Gasteiger partial charge on any atom is -0.427 e. The molecule has 2 atom stereocenters. The van der Waals surface area contributed by atoms with Crippen molar-refractivity contribution in [2.75, 3.05) is 7.11 Å². The number of hydrogen-bond donors (Lipinski definition) is 2. The fraction of sp³-hybridized carbons (Fsp3) is 1.00. The van der Waals surface area contributed by atoms with E-state index in [0.717, 1.165) is 0 Å². The third kappa shape index (κ3) is 6.18. The van der Waals surface area contributed by atoms with Crippen molar-refractivity contribution in [3.63, 3.8) is 0 Å². The Labute approximate surface area is 94.4 Å². The van der Waals surface area contributed by atoms with E-state index < -0.39 is 0 Å². The minimum absolute atomic E-state index is 0.426. The molecule has 0 aromatic heterocycles. The maximum absolute atomic E-state index is 6.02. The molecule has 0 saturated heterocycles. The fourth-order valence-electron chi connectivity index (χ4n) is 2.22. The van der Waals surface area contributed by atoms with Gasteiger partial charge in [-0.3, -0.25) is 0 Å². The zero-order valence-corrected chi connectivity index (χ0v) is 9.87. The molecular formula is C11H24BN2O. The summed E-state index contributed by atoms with van der Waals surface area (Å²) >= 11 is 0. The quantitative estimate of drug-likeness (QED) is 0.697. The molecular weight excluding hydrogens is 187 g/mol. The van der Waals surface area contributed by atoms with Gasteiger partial charge in [0, 0.05) is 13.2 Å². The molecule has 0 aromatic rings. The van der Waals surface area contributed by atoms with E-state index in [9.17, 15) is 0 Å². The molecule has 1 aliphatic carbocycles. The predicted octanol–water partition coefficient (Wildman–Crippen LogP) is 1.59. The second kappa shape index (κ2) is 8.14. The Balaban J connectivity index is 2.23. The molecule has 3 N–H and O–H groups in total. The van der Waals surface area contributed by atoms with E-state index in [-0.39, 0.29) is 0 Å². The highest BCUT2D eigenvalue weighted by atomic mass is 16.4. The van der Waals surface area contributed by atoms with Crippen molar-refractivity contribution >= 4 is 7.62 Å². The van der Waals surface area contributed by atoms with E-state index in [4.69, 9.17) is 10.4 Å². The van der Waals surface area contributed by atoms with Gasteiger partial charge in [-0.05, 0) is 31.7 Å². The van der Waals surface area contributed by atoms with Gasteiger partial charge < -0.3 is 15.6 Å². The van der Waals surface area contributed by atoms with Crippen LogP contribution in [0.5, 0.6) is 0 Å². The Morgan fingerprint density at radius 2 is 1.73 bits per heavy atom. The van der Waals surface area contributed by atoms with Crippen LogP contribution in [0.15, 0.2) is 0 Å². The van der Waals surface area contributed by atoms with Crippen LogP contribution in [0, 0.1) is 0 Å². The van der Waals surface area contributed by atoms with Gasteiger partial charge in [-0.25, -0.2) is 0 Å². The third-order valence-electron chi connectivity index (χ3n) is 3.18. The SMILES string of the molecule is CO[B]NC1CCCCCC(N)CCC1. The molecule has 1 fully saturated rings. The van der Waals surface area contributed by atoms with Gasteiger partial charge in [-0.15, -0.1) is 0 Å². The highest BCUT2D eigenvalue weighted by molar-refractivity contribution is 6.23. The van der Waals surface area contributed by atoms with Crippen molar-refractivity contribution in [3.8, 4) is 0 Å². The first-order valence-electron chi connectivity index (χ1n) is 6.19. The smallest absolute Gasteiger partial charge is 0.395 e. The first-order valence-corrected chi connectivity index (χ1v) is 6.19. The highest BCUT2D eigenvalue weighted by Gasteiger charge is 2.12. The molecule has 0 heterocycles. The van der Waals surface area contributed by atoms with E-state index in [1.54, 1.807) is 14.7 Å². The molecule has 1 rings (SSSR count). The first-order chi connectivity index (χ1) is 7.33. The fourth-order valence-corrected chi connectivity index (χ4v) is 2.22. The molecule has 4 heteroatoms. The van der Waals surface area contributed by atoms with Crippen molar-refractivity contribution in [1.29, 1.82) is 0 Å². The van der Waals surface area contributed by atoms with Crippen LogP contribution < -0.4 is 11.0 Å². The lowest BCUT2D eigenvalue weighted by Gasteiger charge is -2.21. The maximum Gasteiger partial charge on any atom is 0.395 e. The van der Waals surface area contributed by atoms with Gasteiger partial charge in [0.1, 0.15) is 0 Å². The molecule has 87 valence electrons. The molecule has 15 heavy (non-hydrogen) atoms. The normalized spacial score (nSPS) is 29.7. The van der Waals surface area contributed by atoms with Gasteiger partial charge in [0.25, 0.3) is 0 Å². The zero-order valence-electron chi connectivity index (χ0n) is 9.87. The zero-order chi connectivity index (χ0) is 10.9. The lowest BCUT2D eigenvalue weighted by molar-refractivity contribution is 0.385. The third-order valence-corrected chi connectivity index (χ3v) is 3.18. The Hall–Kier alpha value is -0.0551. The Morgan fingerprint density at radius 1 is 1.07 bits per heavy atom.